The number of hydrogen-bond acceptors (Lipinski definition) is 3. The molecule has 0 aliphatic carbocycles. The molecular weight excluding hydrogens is 290 g/mol. The van der Waals surface area contributed by atoms with Crippen molar-refractivity contribution in [2.24, 2.45) is 0 Å². The lowest BCUT2D eigenvalue weighted by Crippen LogP contribution is -1.88. The van der Waals surface area contributed by atoms with Gasteiger partial charge in [-0.15, -0.1) is 11.3 Å². The summed E-state index contributed by atoms with van der Waals surface area (Å²) in [7, 11) is 0. The van der Waals surface area contributed by atoms with Crippen LogP contribution in [-0.2, 0) is 0 Å². The lowest BCUT2D eigenvalue weighted by molar-refractivity contribution is -0.382. The highest BCUT2D eigenvalue weighted by atomic mass is 79.9. The van der Waals surface area contributed by atoms with E-state index < -0.39 is 4.92 Å². The molecule has 0 N–H and O–H groups in total. The van der Waals surface area contributed by atoms with Crippen LogP contribution in [0.3, 0.4) is 0 Å². The number of nitro benzene ring substituents is 1. The summed E-state index contributed by atoms with van der Waals surface area (Å²) in [5, 5.41) is 13.8. The van der Waals surface area contributed by atoms with E-state index in [2.05, 4.69) is 15.9 Å². The predicted molar refractivity (Wildman–Crippen MR) is 61.2 cm³/mol. The summed E-state index contributed by atoms with van der Waals surface area (Å²) in [5.74, 6) is 0. The van der Waals surface area contributed by atoms with E-state index in [1.54, 1.807) is 11.4 Å². The molecule has 2 aromatic rings. The maximum atomic E-state index is 10.7. The monoisotopic (exact) mass is 291 g/mol. The highest BCUT2D eigenvalue weighted by Gasteiger charge is 2.17. The lowest BCUT2D eigenvalue weighted by Gasteiger charge is -1.98. The zero-order valence-corrected chi connectivity index (χ0v) is 9.82. The minimum atomic E-state index is -0.403. The minimum absolute atomic E-state index is 0.0891. The highest BCUT2D eigenvalue weighted by Crippen LogP contribution is 2.39. The number of fused-ring (bicyclic) bond motifs is 1. The van der Waals surface area contributed by atoms with Crippen molar-refractivity contribution in [1.82, 2.24) is 0 Å². The summed E-state index contributed by atoms with van der Waals surface area (Å²) in [6, 6.07) is 3.21. The largest absolute Gasteiger partial charge is 0.288 e. The van der Waals surface area contributed by atoms with Crippen LogP contribution in [-0.4, -0.2) is 4.92 Å². The van der Waals surface area contributed by atoms with Crippen LogP contribution in [0.5, 0.6) is 0 Å². The molecule has 0 unspecified atom stereocenters. The number of nitro groups is 1. The first-order valence-corrected chi connectivity index (χ1v) is 5.66. The Morgan fingerprint density at radius 1 is 1.57 bits per heavy atom. The zero-order valence-electron chi connectivity index (χ0n) is 6.66. The van der Waals surface area contributed by atoms with E-state index in [0.717, 1.165) is 5.39 Å². The Bertz CT molecular complexity index is 525. The van der Waals surface area contributed by atoms with Gasteiger partial charge in [0.1, 0.15) is 4.70 Å². The van der Waals surface area contributed by atoms with Gasteiger partial charge < -0.3 is 0 Å². The van der Waals surface area contributed by atoms with Gasteiger partial charge >= 0.3 is 0 Å². The van der Waals surface area contributed by atoms with Crippen LogP contribution in [0.25, 0.3) is 10.1 Å². The summed E-state index contributed by atoms with van der Waals surface area (Å²) in [5.41, 5.74) is 0.0891. The molecule has 0 bridgehead atoms. The molecule has 0 atom stereocenters. The molecule has 1 aromatic heterocycles. The Balaban J connectivity index is 2.91. The summed E-state index contributed by atoms with van der Waals surface area (Å²) < 4.78 is 1.17. The molecule has 0 aliphatic rings. The first-order chi connectivity index (χ1) is 6.61. The highest BCUT2D eigenvalue weighted by molar-refractivity contribution is 9.10. The molecule has 0 amide bonds. The molecule has 0 saturated carbocycles. The molecule has 1 aromatic carbocycles. The van der Waals surface area contributed by atoms with Gasteiger partial charge in [0.2, 0.25) is 0 Å². The molecule has 14 heavy (non-hydrogen) atoms. The number of non-ortho nitro benzene ring substituents is 1. The summed E-state index contributed by atoms with van der Waals surface area (Å²) >= 11 is 10.5. The van der Waals surface area contributed by atoms with Gasteiger partial charge in [-0.3, -0.25) is 10.1 Å². The molecule has 0 radical (unpaired) electrons. The quantitative estimate of drug-likeness (QED) is 0.583. The minimum Gasteiger partial charge on any atom is -0.258 e. The number of rotatable bonds is 1. The summed E-state index contributed by atoms with van der Waals surface area (Å²) in [4.78, 5) is 10.3. The van der Waals surface area contributed by atoms with E-state index in [-0.39, 0.29) is 5.69 Å². The van der Waals surface area contributed by atoms with Crippen LogP contribution in [0.15, 0.2) is 22.0 Å². The van der Waals surface area contributed by atoms with Crippen molar-refractivity contribution in [3.63, 3.8) is 0 Å². The molecule has 0 saturated heterocycles. The van der Waals surface area contributed by atoms with Gasteiger partial charge in [0.25, 0.3) is 5.69 Å². The van der Waals surface area contributed by atoms with Gasteiger partial charge in [0.15, 0.2) is 0 Å². The average Bonchev–Trinajstić information content (AvgIpc) is 2.59. The third-order valence-electron chi connectivity index (χ3n) is 1.80. The zero-order chi connectivity index (χ0) is 10.3. The van der Waals surface area contributed by atoms with E-state index in [1.165, 1.54) is 17.4 Å². The van der Waals surface area contributed by atoms with Crippen LogP contribution < -0.4 is 0 Å². The van der Waals surface area contributed by atoms with Gasteiger partial charge in [0.05, 0.1) is 9.95 Å². The van der Waals surface area contributed by atoms with Crippen molar-refractivity contribution in [2.75, 3.05) is 0 Å². The normalized spacial score (nSPS) is 10.7. The third-order valence-corrected chi connectivity index (χ3v) is 4.00. The fraction of sp³-hybridized carbons (Fsp3) is 0. The lowest BCUT2D eigenvalue weighted by atomic mass is 10.2. The Labute approximate surface area is 96.6 Å². The van der Waals surface area contributed by atoms with E-state index in [9.17, 15) is 10.1 Å². The van der Waals surface area contributed by atoms with Crippen molar-refractivity contribution < 1.29 is 4.92 Å². The van der Waals surface area contributed by atoms with E-state index in [0.29, 0.717) is 14.2 Å². The molecule has 72 valence electrons. The topological polar surface area (TPSA) is 43.1 Å². The molecule has 1 heterocycles. The Morgan fingerprint density at radius 3 is 2.93 bits per heavy atom. The second-order valence-corrected chi connectivity index (χ2v) is 4.76. The fourth-order valence-electron chi connectivity index (χ4n) is 1.19. The van der Waals surface area contributed by atoms with Crippen LogP contribution in [0, 0.1) is 10.1 Å². The van der Waals surface area contributed by atoms with Crippen LogP contribution in [0.1, 0.15) is 0 Å². The van der Waals surface area contributed by atoms with E-state index in [1.807, 2.05) is 0 Å². The fourth-order valence-corrected chi connectivity index (χ4v) is 2.78. The van der Waals surface area contributed by atoms with Gasteiger partial charge in [-0.1, -0.05) is 11.6 Å². The standard InChI is InChI=1S/C8H3BrClNO2S/c9-5-3-6(11(12)13)8-4(7(5)10)1-2-14-8/h1-3H. The number of halogens is 2. The van der Waals surface area contributed by atoms with Crippen LogP contribution in [0.4, 0.5) is 5.69 Å². The number of thiophene rings is 1. The van der Waals surface area contributed by atoms with Crippen molar-refractivity contribution in [2.45, 2.75) is 0 Å². The third kappa shape index (κ3) is 1.41. The first kappa shape index (κ1) is 9.89. The molecule has 2 rings (SSSR count). The van der Waals surface area contributed by atoms with Crippen molar-refractivity contribution in [3.05, 3.63) is 37.1 Å². The first-order valence-electron chi connectivity index (χ1n) is 3.61. The molecule has 0 fully saturated rings. The Morgan fingerprint density at radius 2 is 2.29 bits per heavy atom. The Kier molecular flexibility index (Phi) is 2.47. The average molecular weight is 293 g/mol. The van der Waals surface area contributed by atoms with Crippen molar-refractivity contribution in [1.29, 1.82) is 0 Å². The molecule has 0 spiro atoms. The predicted octanol–water partition coefficient (Wildman–Crippen LogP) is 4.23. The van der Waals surface area contributed by atoms with Crippen molar-refractivity contribution in [3.8, 4) is 0 Å². The van der Waals surface area contributed by atoms with Gasteiger partial charge in [-0.2, -0.15) is 0 Å². The number of hydrogen-bond donors (Lipinski definition) is 0. The second-order valence-electron chi connectivity index (χ2n) is 2.61. The smallest absolute Gasteiger partial charge is 0.258 e. The van der Waals surface area contributed by atoms with E-state index in [4.69, 9.17) is 11.6 Å². The SMILES string of the molecule is O=[N+]([O-])c1cc(Br)c(Cl)c2ccsc12. The Hall–Kier alpha value is -0.650. The number of benzene rings is 1. The molecular formula is C8H3BrClNO2S. The molecule has 3 nitrogen and oxygen atoms in total. The van der Waals surface area contributed by atoms with Gasteiger partial charge in [0, 0.05) is 15.9 Å². The number of nitrogens with zero attached hydrogens (tertiary/aromatic N) is 1. The van der Waals surface area contributed by atoms with Gasteiger partial charge in [-0.05, 0) is 27.4 Å². The van der Waals surface area contributed by atoms with Crippen LogP contribution in [0.2, 0.25) is 5.02 Å². The van der Waals surface area contributed by atoms with Gasteiger partial charge in [-0.25, -0.2) is 0 Å². The molecule has 0 aliphatic heterocycles. The van der Waals surface area contributed by atoms with E-state index >= 15 is 0 Å². The second kappa shape index (κ2) is 3.49. The summed E-state index contributed by atoms with van der Waals surface area (Å²) in [6.45, 7) is 0. The maximum absolute atomic E-state index is 10.7. The van der Waals surface area contributed by atoms with Crippen molar-refractivity contribution >= 4 is 54.6 Å². The van der Waals surface area contributed by atoms with Crippen LogP contribution >= 0.6 is 38.9 Å². The molecule has 6 heteroatoms. The summed E-state index contributed by atoms with van der Waals surface area (Å²) in [6.07, 6.45) is 0. The maximum Gasteiger partial charge on any atom is 0.288 e.